The van der Waals surface area contributed by atoms with E-state index in [-0.39, 0.29) is 17.7 Å². The molecule has 27 heavy (non-hydrogen) atoms. The number of carbonyl (C=O) groups excluding carboxylic acids is 1. The number of rotatable bonds is 5. The van der Waals surface area contributed by atoms with Gasteiger partial charge in [-0.25, -0.2) is 0 Å². The molecule has 1 aliphatic rings. The first-order valence-electron chi connectivity index (χ1n) is 9.25. The Labute approximate surface area is 164 Å². The zero-order chi connectivity index (χ0) is 19.4. The number of aromatic hydroxyl groups is 1. The lowest BCUT2D eigenvalue weighted by molar-refractivity contribution is -0.134. The second-order valence-electron chi connectivity index (χ2n) is 7.30. The molecule has 3 rings (SSSR count). The van der Waals surface area contributed by atoms with Gasteiger partial charge in [-0.2, -0.15) is 0 Å². The van der Waals surface area contributed by atoms with Gasteiger partial charge >= 0.3 is 0 Å². The molecule has 5 nitrogen and oxygen atoms in total. The highest BCUT2D eigenvalue weighted by molar-refractivity contribution is 6.30. The first-order valence-corrected chi connectivity index (χ1v) is 9.63. The molecule has 1 heterocycles. The highest BCUT2D eigenvalue weighted by Crippen LogP contribution is 2.37. The van der Waals surface area contributed by atoms with Crippen LogP contribution in [0, 0.1) is 0 Å². The Morgan fingerprint density at radius 2 is 1.89 bits per heavy atom. The molecule has 0 unspecified atom stereocenters. The van der Waals surface area contributed by atoms with E-state index in [0.29, 0.717) is 36.4 Å². The van der Waals surface area contributed by atoms with Crippen molar-refractivity contribution in [3.05, 3.63) is 58.9 Å². The Hall–Kier alpha value is -2.11. The SMILES string of the molecule is CN(C(=O)CCc1ccc(Cl)cc1)C1CCC(O)(c2ccc(O)cn2)CC1. The summed E-state index contributed by atoms with van der Waals surface area (Å²) in [7, 11) is 1.85. The maximum atomic E-state index is 12.5. The second-order valence-corrected chi connectivity index (χ2v) is 7.73. The van der Waals surface area contributed by atoms with E-state index < -0.39 is 5.60 Å². The molecule has 0 aliphatic heterocycles. The second kappa shape index (κ2) is 8.28. The van der Waals surface area contributed by atoms with Crippen LogP contribution in [0.4, 0.5) is 0 Å². The van der Waals surface area contributed by atoms with E-state index in [0.717, 1.165) is 18.4 Å². The van der Waals surface area contributed by atoms with Crippen LogP contribution in [0.1, 0.15) is 43.4 Å². The smallest absolute Gasteiger partial charge is 0.222 e. The number of benzene rings is 1. The highest BCUT2D eigenvalue weighted by atomic mass is 35.5. The van der Waals surface area contributed by atoms with Crippen LogP contribution in [-0.4, -0.2) is 39.1 Å². The number of aryl methyl sites for hydroxylation is 1. The fourth-order valence-corrected chi connectivity index (χ4v) is 3.79. The van der Waals surface area contributed by atoms with E-state index in [1.807, 2.05) is 36.2 Å². The van der Waals surface area contributed by atoms with Gasteiger partial charge in [0.1, 0.15) is 11.4 Å². The van der Waals surface area contributed by atoms with E-state index in [1.165, 1.54) is 6.20 Å². The predicted octanol–water partition coefficient (Wildman–Crippen LogP) is 3.66. The standard InChI is InChI=1S/C21H25ClN2O3/c1-24(20(26)9-4-15-2-5-16(22)6-3-15)17-10-12-21(27,13-11-17)19-8-7-18(25)14-23-19/h2-3,5-8,14,17,25,27H,4,9-13H2,1H3. The minimum atomic E-state index is -0.989. The van der Waals surface area contributed by atoms with Crippen LogP contribution in [-0.2, 0) is 16.8 Å². The Morgan fingerprint density at radius 3 is 2.48 bits per heavy atom. The maximum Gasteiger partial charge on any atom is 0.222 e. The maximum absolute atomic E-state index is 12.5. The number of hydrogen-bond donors (Lipinski definition) is 2. The van der Waals surface area contributed by atoms with E-state index >= 15 is 0 Å². The molecule has 0 saturated heterocycles. The van der Waals surface area contributed by atoms with Crippen molar-refractivity contribution in [3.63, 3.8) is 0 Å². The normalized spacial score (nSPS) is 22.4. The molecule has 2 aromatic rings. The highest BCUT2D eigenvalue weighted by Gasteiger charge is 2.37. The molecule has 0 radical (unpaired) electrons. The van der Waals surface area contributed by atoms with Gasteiger partial charge in [0, 0.05) is 24.5 Å². The molecule has 2 N–H and O–H groups in total. The van der Waals surface area contributed by atoms with Crippen molar-refractivity contribution in [1.82, 2.24) is 9.88 Å². The average molecular weight is 389 g/mol. The first kappa shape index (κ1) is 19.6. The van der Waals surface area contributed by atoms with Crippen LogP contribution < -0.4 is 0 Å². The molecule has 1 aromatic carbocycles. The van der Waals surface area contributed by atoms with E-state index in [2.05, 4.69) is 4.98 Å². The molecular formula is C21H25ClN2O3. The van der Waals surface area contributed by atoms with E-state index in [4.69, 9.17) is 11.6 Å². The van der Waals surface area contributed by atoms with Crippen molar-refractivity contribution >= 4 is 17.5 Å². The number of carbonyl (C=O) groups is 1. The zero-order valence-corrected chi connectivity index (χ0v) is 16.2. The molecule has 1 saturated carbocycles. The van der Waals surface area contributed by atoms with Crippen molar-refractivity contribution in [2.75, 3.05) is 7.05 Å². The van der Waals surface area contributed by atoms with Crippen LogP contribution >= 0.6 is 11.6 Å². The summed E-state index contributed by atoms with van der Waals surface area (Å²) in [5.41, 5.74) is 0.685. The van der Waals surface area contributed by atoms with Crippen LogP contribution in [0.15, 0.2) is 42.6 Å². The summed E-state index contributed by atoms with van der Waals surface area (Å²) in [4.78, 5) is 18.5. The van der Waals surface area contributed by atoms with Gasteiger partial charge in [0.05, 0.1) is 11.9 Å². The van der Waals surface area contributed by atoms with Gasteiger partial charge in [-0.15, -0.1) is 0 Å². The van der Waals surface area contributed by atoms with Crippen LogP contribution in [0.25, 0.3) is 0 Å². The Morgan fingerprint density at radius 1 is 1.22 bits per heavy atom. The van der Waals surface area contributed by atoms with Gasteiger partial charge < -0.3 is 15.1 Å². The van der Waals surface area contributed by atoms with E-state index in [9.17, 15) is 15.0 Å². The summed E-state index contributed by atoms with van der Waals surface area (Å²) in [5.74, 6) is 0.199. The van der Waals surface area contributed by atoms with Crippen molar-refractivity contribution < 1.29 is 15.0 Å². The fourth-order valence-electron chi connectivity index (χ4n) is 3.67. The number of pyridine rings is 1. The summed E-state index contributed by atoms with van der Waals surface area (Å²) in [6.07, 6.45) is 5.04. The third kappa shape index (κ3) is 4.79. The first-order chi connectivity index (χ1) is 12.9. The van der Waals surface area contributed by atoms with Gasteiger partial charge in [0.2, 0.25) is 5.91 Å². The monoisotopic (exact) mass is 388 g/mol. The van der Waals surface area contributed by atoms with Crippen molar-refractivity contribution in [2.45, 2.75) is 50.2 Å². The van der Waals surface area contributed by atoms with Gasteiger partial charge in [0.15, 0.2) is 0 Å². The number of amides is 1. The van der Waals surface area contributed by atoms with Gasteiger partial charge in [-0.05, 0) is 61.9 Å². The minimum Gasteiger partial charge on any atom is -0.506 e. The largest absolute Gasteiger partial charge is 0.506 e. The number of halogens is 1. The molecule has 1 aromatic heterocycles. The Kier molecular flexibility index (Phi) is 6.02. The van der Waals surface area contributed by atoms with Gasteiger partial charge in [0.25, 0.3) is 0 Å². The van der Waals surface area contributed by atoms with Crippen molar-refractivity contribution in [3.8, 4) is 5.75 Å². The predicted molar refractivity (Wildman–Crippen MR) is 105 cm³/mol. The lowest BCUT2D eigenvalue weighted by atomic mass is 9.79. The van der Waals surface area contributed by atoms with Crippen molar-refractivity contribution in [1.29, 1.82) is 0 Å². The number of hydrogen-bond acceptors (Lipinski definition) is 4. The average Bonchev–Trinajstić information content (AvgIpc) is 2.68. The van der Waals surface area contributed by atoms with Crippen LogP contribution in [0.3, 0.4) is 0 Å². The minimum absolute atomic E-state index is 0.0852. The third-order valence-electron chi connectivity index (χ3n) is 5.49. The summed E-state index contributed by atoms with van der Waals surface area (Å²) < 4.78 is 0. The summed E-state index contributed by atoms with van der Waals surface area (Å²) in [6, 6.07) is 10.9. The zero-order valence-electron chi connectivity index (χ0n) is 15.4. The molecule has 1 amide bonds. The lowest BCUT2D eigenvalue weighted by Gasteiger charge is -2.39. The molecule has 0 atom stereocenters. The quantitative estimate of drug-likeness (QED) is 0.819. The summed E-state index contributed by atoms with van der Waals surface area (Å²) >= 11 is 5.89. The number of aliphatic hydroxyl groups is 1. The van der Waals surface area contributed by atoms with Gasteiger partial charge in [-0.3, -0.25) is 9.78 Å². The molecule has 0 bridgehead atoms. The third-order valence-corrected chi connectivity index (χ3v) is 5.74. The Balaban J connectivity index is 1.52. The number of aromatic nitrogens is 1. The molecule has 144 valence electrons. The fraction of sp³-hybridized carbons (Fsp3) is 0.429. The summed E-state index contributed by atoms with van der Waals surface area (Å²) in [5, 5.41) is 20.9. The van der Waals surface area contributed by atoms with Crippen molar-refractivity contribution in [2.24, 2.45) is 0 Å². The van der Waals surface area contributed by atoms with Gasteiger partial charge in [-0.1, -0.05) is 23.7 Å². The molecule has 0 spiro atoms. The lowest BCUT2D eigenvalue weighted by Crippen LogP contribution is -2.43. The Bertz CT molecular complexity index is 769. The topological polar surface area (TPSA) is 73.7 Å². The summed E-state index contributed by atoms with van der Waals surface area (Å²) in [6.45, 7) is 0. The molecule has 1 aliphatic carbocycles. The van der Waals surface area contributed by atoms with Crippen LogP contribution in [0.5, 0.6) is 5.75 Å². The number of nitrogens with zero attached hydrogens (tertiary/aromatic N) is 2. The molecule has 1 fully saturated rings. The van der Waals surface area contributed by atoms with Crippen LogP contribution in [0.2, 0.25) is 5.02 Å². The van der Waals surface area contributed by atoms with E-state index in [1.54, 1.807) is 12.1 Å². The molecule has 6 heteroatoms. The molecular weight excluding hydrogens is 364 g/mol.